The zero-order valence-electron chi connectivity index (χ0n) is 37.1. The summed E-state index contributed by atoms with van der Waals surface area (Å²) in [5.41, 5.74) is 4.09. The number of carboxylic acids is 1. The van der Waals surface area contributed by atoms with Gasteiger partial charge in [0.25, 0.3) is 11.8 Å². The molecule has 2 aliphatic heterocycles. The molecule has 2 aromatic heterocycles. The van der Waals surface area contributed by atoms with Crippen LogP contribution in [0.3, 0.4) is 0 Å². The Morgan fingerprint density at radius 1 is 0.729 bits per heavy atom. The van der Waals surface area contributed by atoms with Crippen molar-refractivity contribution in [3.8, 4) is 0 Å². The maximum atomic E-state index is 15.2. The molecule has 1 saturated heterocycles. The third kappa shape index (κ3) is 8.57. The van der Waals surface area contributed by atoms with Crippen LogP contribution >= 0.6 is 34.3 Å². The quantitative estimate of drug-likeness (QED) is 0.0371. The van der Waals surface area contributed by atoms with E-state index in [4.69, 9.17) is 26.6 Å². The highest BCUT2D eigenvalue weighted by Gasteiger charge is 2.54. The maximum absolute atomic E-state index is 15.2. The molecule has 1 fully saturated rings. The molecule has 0 aliphatic carbocycles. The van der Waals surface area contributed by atoms with E-state index in [1.54, 1.807) is 17.7 Å². The molecule has 12 nitrogen and oxygen atoms in total. The lowest BCUT2D eigenvalue weighted by atomic mass is 9.77. The molecule has 3 N–H and O–H groups in total. The van der Waals surface area contributed by atoms with Gasteiger partial charge in [-0.3, -0.25) is 14.5 Å². The predicted octanol–water partition coefficient (Wildman–Crippen LogP) is 10.3. The number of allylic oxidation sites excluding steroid dienone is 2. The van der Waals surface area contributed by atoms with Crippen LogP contribution in [-0.2, 0) is 30.4 Å². The van der Waals surface area contributed by atoms with E-state index in [2.05, 4.69) is 20.8 Å². The number of fused-ring (bicyclic) bond motifs is 1. The molecule has 0 spiro atoms. The molecule has 10 rings (SSSR count). The van der Waals surface area contributed by atoms with E-state index in [0.717, 1.165) is 44.7 Å². The van der Waals surface area contributed by atoms with Crippen LogP contribution in [0, 0.1) is 0 Å². The number of β-lactam (4-membered cyclic amide) rings is 1. The number of aliphatic carboxylic acids is 1. The predicted molar refractivity (Wildman–Crippen MR) is 272 cm³/mol. The van der Waals surface area contributed by atoms with Gasteiger partial charge in [0.05, 0.1) is 6.04 Å². The fourth-order valence-electron chi connectivity index (χ4n) is 9.31. The Morgan fingerprint density at radius 2 is 1.21 bits per heavy atom. The van der Waals surface area contributed by atoms with E-state index < -0.39 is 41.0 Å². The standard InChI is InChI=1S/C55H42ClN7O5S2/c56-49-46(59-53(70-49)60-54(37-19-7-1-8-20-37,38-21-9-2-10-22-38)39-23-11-3-12-24-39)47(62-68-55(40-25-13-4-14-26-40,41-27-15-5-16-28-41)42-29-17-6-18-30-42)50(64)58-45-43-33-31-36(32-34-44-61-57-35-69-44)48(52(66)67)63(43)51(45)65/h1-30,32,34-35,43,45H,31,33H2,(H,58,64)(H,59,60)(H,66,67)/b34-32-,62-47+/t43-,45+/m1/s1. The van der Waals surface area contributed by atoms with Gasteiger partial charge in [0.2, 0.25) is 5.60 Å². The molecule has 8 aromatic rings. The highest BCUT2D eigenvalue weighted by Crippen LogP contribution is 2.44. The van der Waals surface area contributed by atoms with Crippen molar-refractivity contribution in [3.05, 3.63) is 253 Å². The summed E-state index contributed by atoms with van der Waals surface area (Å²) in [7, 11) is 0. The summed E-state index contributed by atoms with van der Waals surface area (Å²) in [6.07, 6.45) is 4.02. The van der Waals surface area contributed by atoms with E-state index in [0.29, 0.717) is 28.6 Å². The third-order valence-electron chi connectivity index (χ3n) is 12.5. The lowest BCUT2D eigenvalue weighted by Gasteiger charge is -2.50. The molecule has 0 bridgehead atoms. The van der Waals surface area contributed by atoms with Crippen LogP contribution in [-0.4, -0.2) is 60.8 Å². The number of carbonyl (C=O) groups excluding carboxylic acids is 2. The number of anilines is 1. The van der Waals surface area contributed by atoms with Gasteiger partial charge in [-0.15, -0.1) is 21.5 Å². The molecule has 15 heteroatoms. The average molecular weight is 981 g/mol. The Morgan fingerprint density at radius 3 is 1.67 bits per heavy atom. The number of nitrogens with one attached hydrogen (secondary N) is 2. The first-order chi connectivity index (χ1) is 34.3. The van der Waals surface area contributed by atoms with Crippen LogP contribution in [0.2, 0.25) is 4.34 Å². The third-order valence-corrected chi connectivity index (χ3v) is 14.4. The number of rotatable bonds is 16. The number of thiazole rings is 1. The largest absolute Gasteiger partial charge is 0.477 e. The molecule has 70 heavy (non-hydrogen) atoms. The van der Waals surface area contributed by atoms with Crippen molar-refractivity contribution in [1.82, 2.24) is 25.4 Å². The summed E-state index contributed by atoms with van der Waals surface area (Å²) >= 11 is 9.68. The normalized spacial score (nSPS) is 16.1. The van der Waals surface area contributed by atoms with E-state index in [1.807, 2.05) is 182 Å². The van der Waals surface area contributed by atoms with Crippen molar-refractivity contribution in [1.29, 1.82) is 0 Å². The molecular formula is C55H42ClN7O5S2. The van der Waals surface area contributed by atoms with Crippen molar-refractivity contribution in [2.75, 3.05) is 5.32 Å². The summed E-state index contributed by atoms with van der Waals surface area (Å²) < 4.78 is 0.120. The summed E-state index contributed by atoms with van der Waals surface area (Å²) in [5, 5.41) is 30.7. The van der Waals surface area contributed by atoms with Crippen LogP contribution < -0.4 is 10.6 Å². The minimum atomic E-state index is -1.41. The van der Waals surface area contributed by atoms with Gasteiger partial charge in [-0.2, -0.15) is 0 Å². The van der Waals surface area contributed by atoms with Crippen molar-refractivity contribution < 1.29 is 24.3 Å². The van der Waals surface area contributed by atoms with E-state index >= 15 is 4.79 Å². The first kappa shape index (κ1) is 45.7. The number of carboxylic acid groups (broad SMARTS) is 1. The van der Waals surface area contributed by atoms with Gasteiger partial charge >= 0.3 is 5.97 Å². The van der Waals surface area contributed by atoms with Crippen LogP contribution in [0.5, 0.6) is 0 Å². The molecule has 0 radical (unpaired) electrons. The number of nitrogens with zero attached hydrogens (tertiary/aromatic N) is 5. The molecular weight excluding hydrogens is 938 g/mol. The zero-order chi connectivity index (χ0) is 48.1. The van der Waals surface area contributed by atoms with E-state index in [-0.39, 0.29) is 21.4 Å². The van der Waals surface area contributed by atoms with Crippen molar-refractivity contribution in [3.63, 3.8) is 0 Å². The summed E-state index contributed by atoms with van der Waals surface area (Å²) in [4.78, 5) is 55.3. The number of halogens is 1. The molecule has 2 aliphatic rings. The number of oxime groups is 1. The van der Waals surface area contributed by atoms with Crippen LogP contribution in [0.1, 0.15) is 56.9 Å². The molecule has 2 atom stereocenters. The van der Waals surface area contributed by atoms with Crippen LogP contribution in [0.25, 0.3) is 6.08 Å². The van der Waals surface area contributed by atoms with Gasteiger partial charge in [-0.1, -0.05) is 216 Å². The number of aromatic nitrogens is 3. The number of hydrogen-bond donors (Lipinski definition) is 3. The first-order valence-corrected chi connectivity index (χ1v) is 24.4. The monoisotopic (exact) mass is 979 g/mol. The Balaban J connectivity index is 1.09. The van der Waals surface area contributed by atoms with Gasteiger partial charge in [-0.05, 0) is 41.2 Å². The summed E-state index contributed by atoms with van der Waals surface area (Å²) in [6, 6.07) is 56.9. The van der Waals surface area contributed by atoms with Crippen LogP contribution in [0.4, 0.5) is 5.13 Å². The topological polar surface area (TPSA) is 159 Å². The van der Waals surface area contributed by atoms with Crippen molar-refractivity contribution >= 4 is 69.0 Å². The Labute approximate surface area is 416 Å². The molecule has 4 heterocycles. The minimum Gasteiger partial charge on any atom is -0.477 e. The number of carbonyl (C=O) groups is 3. The van der Waals surface area contributed by atoms with Gasteiger partial charge in [0, 0.05) is 16.7 Å². The maximum Gasteiger partial charge on any atom is 0.352 e. The molecule has 346 valence electrons. The highest BCUT2D eigenvalue weighted by molar-refractivity contribution is 7.20. The summed E-state index contributed by atoms with van der Waals surface area (Å²) in [6.45, 7) is 0. The Kier molecular flexibility index (Phi) is 13.0. The second-order valence-corrected chi connectivity index (χ2v) is 18.9. The SMILES string of the molecule is O=C(O)C1=C(/C=C\c2nncs2)CC[C@@H]2[C@H](NC(=O)/C(=N/OC(c3ccccc3)(c3ccccc3)c3ccccc3)c3nc(NC(c4ccccc4)(c4ccccc4)c4ccccc4)sc3Cl)C(=O)N12. The highest BCUT2D eigenvalue weighted by atomic mass is 35.5. The number of hydrogen-bond acceptors (Lipinski definition) is 11. The van der Waals surface area contributed by atoms with Gasteiger partial charge in [-0.25, -0.2) is 9.78 Å². The first-order valence-electron chi connectivity index (χ1n) is 22.4. The molecule has 6 aromatic carbocycles. The van der Waals surface area contributed by atoms with E-state index in [9.17, 15) is 14.7 Å². The van der Waals surface area contributed by atoms with Crippen LogP contribution in [0.15, 0.2) is 210 Å². The minimum absolute atomic E-state index is 0.000306. The molecule has 2 amide bonds. The smallest absolute Gasteiger partial charge is 0.352 e. The fraction of sp³-hybridized carbons (Fsp3) is 0.109. The summed E-state index contributed by atoms with van der Waals surface area (Å²) in [5.74, 6) is -2.65. The zero-order valence-corrected chi connectivity index (χ0v) is 39.5. The second kappa shape index (κ2) is 19.9. The Bertz CT molecular complexity index is 3040. The second-order valence-electron chi connectivity index (χ2n) is 16.5. The lowest BCUT2D eigenvalue weighted by molar-refractivity contribution is -0.155. The molecule has 0 unspecified atom stereocenters. The number of benzene rings is 6. The molecule has 0 saturated carbocycles. The van der Waals surface area contributed by atoms with E-state index in [1.165, 1.54) is 16.2 Å². The van der Waals surface area contributed by atoms with Crippen molar-refractivity contribution in [2.45, 2.75) is 36.1 Å². The lowest BCUT2D eigenvalue weighted by Crippen LogP contribution is -2.72. The fourth-order valence-corrected chi connectivity index (χ4v) is 10.9. The van der Waals surface area contributed by atoms with Gasteiger partial charge < -0.3 is 20.6 Å². The number of amides is 2. The van der Waals surface area contributed by atoms with Gasteiger partial charge in [0.1, 0.15) is 37.8 Å². The Hall–Kier alpha value is -8.04. The average Bonchev–Trinajstić information content (AvgIpc) is 4.08. The van der Waals surface area contributed by atoms with Gasteiger partial charge in [0.15, 0.2) is 10.8 Å². The van der Waals surface area contributed by atoms with Crippen molar-refractivity contribution in [2.24, 2.45) is 5.16 Å².